The number of esters is 1. The van der Waals surface area contributed by atoms with Crippen molar-refractivity contribution in [1.82, 2.24) is 4.98 Å². The standard InChI is InChI=1S/C17H21N3O2/c1-11-10-19-16(12-6-4-7-13(18-2)15(11)12)20-9-5-8-14(20)17(21)22-3/h4,6-7,10,14,18H,5,8-9H2,1-3H3. The molecule has 22 heavy (non-hydrogen) atoms. The van der Waals surface area contributed by atoms with E-state index in [2.05, 4.69) is 34.3 Å². The third-order valence-electron chi connectivity index (χ3n) is 4.35. The van der Waals surface area contributed by atoms with Gasteiger partial charge in [-0.05, 0) is 31.4 Å². The van der Waals surface area contributed by atoms with Crippen molar-refractivity contribution in [2.45, 2.75) is 25.8 Å². The molecule has 1 aliphatic rings. The van der Waals surface area contributed by atoms with Gasteiger partial charge in [-0.25, -0.2) is 9.78 Å². The molecule has 3 rings (SSSR count). The summed E-state index contributed by atoms with van der Waals surface area (Å²) in [6, 6.07) is 5.91. The minimum atomic E-state index is -0.235. The maximum Gasteiger partial charge on any atom is 0.328 e. The Bertz CT molecular complexity index is 714. The number of carbonyl (C=O) groups is 1. The van der Waals surface area contributed by atoms with Gasteiger partial charge in [0.05, 0.1) is 7.11 Å². The minimum Gasteiger partial charge on any atom is -0.467 e. The van der Waals surface area contributed by atoms with Crippen molar-refractivity contribution in [3.63, 3.8) is 0 Å². The average molecular weight is 299 g/mol. The number of carbonyl (C=O) groups excluding carboxylic acids is 1. The smallest absolute Gasteiger partial charge is 0.328 e. The molecule has 1 saturated heterocycles. The molecular weight excluding hydrogens is 278 g/mol. The second-order valence-electron chi connectivity index (χ2n) is 5.62. The molecule has 0 saturated carbocycles. The summed E-state index contributed by atoms with van der Waals surface area (Å²) in [5.74, 6) is 0.684. The first-order chi connectivity index (χ1) is 10.7. The topological polar surface area (TPSA) is 54.5 Å². The number of benzene rings is 1. The van der Waals surface area contributed by atoms with E-state index in [1.165, 1.54) is 7.11 Å². The van der Waals surface area contributed by atoms with E-state index >= 15 is 0 Å². The summed E-state index contributed by atoms with van der Waals surface area (Å²) < 4.78 is 4.95. The molecule has 2 aromatic rings. The number of ether oxygens (including phenoxy) is 1. The highest BCUT2D eigenvalue weighted by Gasteiger charge is 2.33. The van der Waals surface area contributed by atoms with E-state index in [-0.39, 0.29) is 12.0 Å². The Morgan fingerprint density at radius 3 is 3.00 bits per heavy atom. The number of hydrogen-bond acceptors (Lipinski definition) is 5. The highest BCUT2D eigenvalue weighted by Crippen LogP contribution is 2.35. The molecule has 116 valence electrons. The summed E-state index contributed by atoms with van der Waals surface area (Å²) >= 11 is 0. The van der Waals surface area contributed by atoms with Crippen molar-refractivity contribution in [2.75, 3.05) is 30.9 Å². The number of fused-ring (bicyclic) bond motifs is 1. The van der Waals surface area contributed by atoms with Crippen LogP contribution in [0.4, 0.5) is 11.5 Å². The van der Waals surface area contributed by atoms with Gasteiger partial charge < -0.3 is 15.0 Å². The van der Waals surface area contributed by atoms with Crippen LogP contribution in [0.3, 0.4) is 0 Å². The molecule has 0 aliphatic carbocycles. The predicted octanol–water partition coefficient (Wildman–Crippen LogP) is 2.73. The number of nitrogens with zero attached hydrogens (tertiary/aromatic N) is 2. The lowest BCUT2D eigenvalue weighted by Gasteiger charge is -2.25. The highest BCUT2D eigenvalue weighted by atomic mass is 16.5. The Hall–Kier alpha value is -2.30. The summed E-state index contributed by atoms with van der Waals surface area (Å²) in [4.78, 5) is 18.7. The molecule has 1 unspecified atom stereocenters. The first-order valence-corrected chi connectivity index (χ1v) is 7.58. The normalized spacial score (nSPS) is 17.8. The van der Waals surface area contributed by atoms with E-state index in [1.54, 1.807) is 0 Å². The lowest BCUT2D eigenvalue weighted by molar-refractivity contribution is -0.141. The van der Waals surface area contributed by atoms with Crippen LogP contribution in [0.2, 0.25) is 0 Å². The van der Waals surface area contributed by atoms with Crippen LogP contribution in [0.15, 0.2) is 24.4 Å². The molecule has 0 amide bonds. The Morgan fingerprint density at radius 1 is 1.45 bits per heavy atom. The van der Waals surface area contributed by atoms with Crippen molar-refractivity contribution in [3.05, 3.63) is 30.0 Å². The van der Waals surface area contributed by atoms with Gasteiger partial charge in [-0.1, -0.05) is 12.1 Å². The van der Waals surface area contributed by atoms with Crippen LogP contribution in [-0.4, -0.2) is 37.7 Å². The lowest BCUT2D eigenvalue weighted by Crippen LogP contribution is -2.37. The van der Waals surface area contributed by atoms with E-state index in [4.69, 9.17) is 4.74 Å². The predicted molar refractivity (Wildman–Crippen MR) is 88.4 cm³/mol. The van der Waals surface area contributed by atoms with Crippen molar-refractivity contribution >= 4 is 28.2 Å². The zero-order valence-corrected chi connectivity index (χ0v) is 13.2. The van der Waals surface area contributed by atoms with Gasteiger partial charge in [-0.3, -0.25) is 0 Å². The van der Waals surface area contributed by atoms with Gasteiger partial charge >= 0.3 is 5.97 Å². The van der Waals surface area contributed by atoms with Crippen LogP contribution in [0, 0.1) is 6.92 Å². The van der Waals surface area contributed by atoms with E-state index in [0.29, 0.717) is 0 Å². The first kappa shape index (κ1) is 14.6. The Kier molecular flexibility index (Phi) is 3.88. The van der Waals surface area contributed by atoms with Gasteiger partial charge in [0, 0.05) is 36.2 Å². The highest BCUT2D eigenvalue weighted by molar-refractivity contribution is 6.03. The lowest BCUT2D eigenvalue weighted by atomic mass is 10.0. The van der Waals surface area contributed by atoms with Crippen molar-refractivity contribution in [2.24, 2.45) is 0 Å². The molecule has 1 fully saturated rings. The molecule has 5 heteroatoms. The fraction of sp³-hybridized carbons (Fsp3) is 0.412. The minimum absolute atomic E-state index is 0.183. The summed E-state index contributed by atoms with van der Waals surface area (Å²) in [6.45, 7) is 2.89. The zero-order valence-electron chi connectivity index (χ0n) is 13.2. The van der Waals surface area contributed by atoms with Crippen LogP contribution in [0.5, 0.6) is 0 Å². The third-order valence-corrected chi connectivity index (χ3v) is 4.35. The third kappa shape index (κ3) is 2.26. The van der Waals surface area contributed by atoms with E-state index in [9.17, 15) is 4.79 Å². The van der Waals surface area contributed by atoms with Gasteiger partial charge in [0.25, 0.3) is 0 Å². The number of nitrogens with one attached hydrogen (secondary N) is 1. The molecule has 0 radical (unpaired) electrons. The Balaban J connectivity index is 2.15. The molecule has 1 atom stereocenters. The van der Waals surface area contributed by atoms with Crippen LogP contribution in [0.25, 0.3) is 10.8 Å². The SMILES string of the molecule is CNc1cccc2c(N3CCCC3C(=O)OC)ncc(C)c12. The summed E-state index contributed by atoms with van der Waals surface area (Å²) in [5, 5.41) is 5.47. The van der Waals surface area contributed by atoms with Crippen LogP contribution in [-0.2, 0) is 9.53 Å². The number of methoxy groups -OCH3 is 1. The number of pyridine rings is 1. The fourth-order valence-electron chi connectivity index (χ4n) is 3.29. The molecule has 2 heterocycles. The molecule has 5 nitrogen and oxygen atoms in total. The van der Waals surface area contributed by atoms with Crippen molar-refractivity contribution < 1.29 is 9.53 Å². The van der Waals surface area contributed by atoms with E-state index in [1.807, 2.05) is 19.3 Å². The fourth-order valence-corrected chi connectivity index (χ4v) is 3.29. The molecular formula is C17H21N3O2. The summed E-state index contributed by atoms with van der Waals surface area (Å²) in [7, 11) is 3.36. The van der Waals surface area contributed by atoms with E-state index < -0.39 is 0 Å². The molecule has 1 aliphatic heterocycles. The van der Waals surface area contributed by atoms with Crippen molar-refractivity contribution in [1.29, 1.82) is 0 Å². The van der Waals surface area contributed by atoms with Crippen LogP contribution < -0.4 is 10.2 Å². The molecule has 0 spiro atoms. The van der Waals surface area contributed by atoms with Crippen molar-refractivity contribution in [3.8, 4) is 0 Å². The largest absolute Gasteiger partial charge is 0.467 e. The second kappa shape index (κ2) is 5.83. The molecule has 0 bridgehead atoms. The summed E-state index contributed by atoms with van der Waals surface area (Å²) in [5.41, 5.74) is 2.20. The monoisotopic (exact) mass is 299 g/mol. The van der Waals surface area contributed by atoms with Gasteiger partial charge in [0.1, 0.15) is 11.9 Å². The first-order valence-electron chi connectivity index (χ1n) is 7.58. The van der Waals surface area contributed by atoms with E-state index in [0.717, 1.165) is 47.2 Å². The maximum atomic E-state index is 12.0. The molecule has 1 aromatic carbocycles. The van der Waals surface area contributed by atoms with Gasteiger partial charge in [0.15, 0.2) is 0 Å². The number of aryl methyl sites for hydroxylation is 1. The zero-order chi connectivity index (χ0) is 15.7. The Morgan fingerprint density at radius 2 is 2.27 bits per heavy atom. The number of anilines is 2. The van der Waals surface area contributed by atoms with Gasteiger partial charge in [0.2, 0.25) is 0 Å². The number of rotatable bonds is 3. The number of hydrogen-bond donors (Lipinski definition) is 1. The maximum absolute atomic E-state index is 12.0. The molecule has 1 aromatic heterocycles. The quantitative estimate of drug-likeness (QED) is 0.883. The van der Waals surface area contributed by atoms with Gasteiger partial charge in [-0.15, -0.1) is 0 Å². The van der Waals surface area contributed by atoms with Crippen LogP contribution >= 0.6 is 0 Å². The molecule has 1 N–H and O–H groups in total. The van der Waals surface area contributed by atoms with Crippen LogP contribution in [0.1, 0.15) is 18.4 Å². The average Bonchev–Trinajstić information content (AvgIpc) is 3.03. The Labute approximate surface area is 130 Å². The second-order valence-corrected chi connectivity index (χ2v) is 5.62. The number of aromatic nitrogens is 1. The van der Waals surface area contributed by atoms with Gasteiger partial charge in [-0.2, -0.15) is 0 Å². The summed E-state index contributed by atoms with van der Waals surface area (Å²) in [6.07, 6.45) is 3.67.